The number of thiophene rings is 1. The van der Waals surface area contributed by atoms with Gasteiger partial charge >= 0.3 is 0 Å². The predicted octanol–water partition coefficient (Wildman–Crippen LogP) is 2.79. The quantitative estimate of drug-likeness (QED) is 0.610. The van der Waals surface area contributed by atoms with Gasteiger partial charge in [0.15, 0.2) is 0 Å². The van der Waals surface area contributed by atoms with Crippen LogP contribution >= 0.6 is 11.3 Å². The third-order valence-corrected chi connectivity index (χ3v) is 3.28. The average molecular weight is 203 g/mol. The van der Waals surface area contributed by atoms with Crippen LogP contribution in [0.4, 0.5) is 0 Å². The van der Waals surface area contributed by atoms with Gasteiger partial charge in [-0.2, -0.15) is 0 Å². The maximum absolute atomic E-state index is 4.39. The standard InChI is InChI=1S/C10H9N3S/c1-5-8-9-7(3-4-14-9)13-10(8)12-6(2)11-5/h3-4H,1-2H3,(H,11,12,13). The van der Waals surface area contributed by atoms with E-state index in [4.69, 9.17) is 0 Å². The summed E-state index contributed by atoms with van der Waals surface area (Å²) in [5.41, 5.74) is 3.17. The molecule has 0 aliphatic heterocycles. The first-order valence-corrected chi connectivity index (χ1v) is 5.34. The molecule has 0 aliphatic rings. The Kier molecular flexibility index (Phi) is 1.44. The number of aryl methyl sites for hydroxylation is 2. The van der Waals surface area contributed by atoms with Crippen LogP contribution in [0.3, 0.4) is 0 Å². The van der Waals surface area contributed by atoms with Crippen molar-refractivity contribution in [1.29, 1.82) is 0 Å². The molecule has 3 nitrogen and oxygen atoms in total. The number of aromatic amines is 1. The smallest absolute Gasteiger partial charge is 0.143 e. The summed E-state index contributed by atoms with van der Waals surface area (Å²) in [6, 6.07) is 2.08. The molecule has 3 aromatic rings. The van der Waals surface area contributed by atoms with E-state index >= 15 is 0 Å². The molecule has 1 N–H and O–H groups in total. The number of nitrogens with zero attached hydrogens (tertiary/aromatic N) is 2. The van der Waals surface area contributed by atoms with E-state index < -0.39 is 0 Å². The molecule has 0 saturated heterocycles. The molecule has 0 fully saturated rings. The van der Waals surface area contributed by atoms with Crippen LogP contribution in [0.15, 0.2) is 11.4 Å². The number of H-pyrrole nitrogens is 1. The van der Waals surface area contributed by atoms with Gasteiger partial charge in [0, 0.05) is 0 Å². The van der Waals surface area contributed by atoms with E-state index in [1.807, 2.05) is 13.8 Å². The number of rotatable bonds is 0. The zero-order valence-corrected chi connectivity index (χ0v) is 8.77. The minimum absolute atomic E-state index is 0.823. The molecule has 14 heavy (non-hydrogen) atoms. The molecular weight excluding hydrogens is 194 g/mol. The molecule has 0 aromatic carbocycles. The lowest BCUT2D eigenvalue weighted by Gasteiger charge is -1.96. The molecule has 70 valence electrons. The van der Waals surface area contributed by atoms with Crippen LogP contribution in [0.5, 0.6) is 0 Å². The molecule has 0 atom stereocenters. The van der Waals surface area contributed by atoms with Crippen LogP contribution in [0.2, 0.25) is 0 Å². The van der Waals surface area contributed by atoms with Crippen molar-refractivity contribution in [2.24, 2.45) is 0 Å². The zero-order valence-electron chi connectivity index (χ0n) is 7.96. The fraction of sp³-hybridized carbons (Fsp3) is 0.200. The molecule has 3 rings (SSSR count). The third kappa shape index (κ3) is 0.915. The van der Waals surface area contributed by atoms with E-state index in [1.165, 1.54) is 10.1 Å². The van der Waals surface area contributed by atoms with Gasteiger partial charge in [0.25, 0.3) is 0 Å². The lowest BCUT2D eigenvalue weighted by atomic mass is 10.3. The topological polar surface area (TPSA) is 41.6 Å². The van der Waals surface area contributed by atoms with Gasteiger partial charge in [-0.05, 0) is 25.3 Å². The Labute approximate surface area is 84.8 Å². The molecule has 0 saturated carbocycles. The first-order chi connectivity index (χ1) is 6.75. The lowest BCUT2D eigenvalue weighted by Crippen LogP contribution is -1.91. The third-order valence-electron chi connectivity index (χ3n) is 2.35. The molecule has 0 spiro atoms. The van der Waals surface area contributed by atoms with Crippen LogP contribution in [-0.2, 0) is 0 Å². The molecule has 3 aromatic heterocycles. The molecule has 0 aliphatic carbocycles. The normalized spacial score (nSPS) is 11.6. The summed E-state index contributed by atoms with van der Waals surface area (Å²) >= 11 is 1.73. The highest BCUT2D eigenvalue weighted by molar-refractivity contribution is 7.18. The minimum Gasteiger partial charge on any atom is -0.338 e. The highest BCUT2D eigenvalue weighted by atomic mass is 32.1. The van der Waals surface area contributed by atoms with Gasteiger partial charge in [-0.25, -0.2) is 9.97 Å². The van der Waals surface area contributed by atoms with Crippen molar-refractivity contribution in [2.45, 2.75) is 13.8 Å². The number of fused-ring (bicyclic) bond motifs is 3. The van der Waals surface area contributed by atoms with Gasteiger partial charge in [-0.3, -0.25) is 0 Å². The first kappa shape index (κ1) is 7.94. The second-order valence-electron chi connectivity index (χ2n) is 3.37. The molecule has 4 heteroatoms. The van der Waals surface area contributed by atoms with Crippen molar-refractivity contribution in [3.63, 3.8) is 0 Å². The Balaban J connectivity index is 2.62. The second kappa shape index (κ2) is 2.54. The fourth-order valence-corrected chi connectivity index (χ4v) is 2.75. The number of hydrogen-bond acceptors (Lipinski definition) is 3. The van der Waals surface area contributed by atoms with E-state index in [1.54, 1.807) is 11.3 Å². The summed E-state index contributed by atoms with van der Waals surface area (Å²) in [6.07, 6.45) is 0. The summed E-state index contributed by atoms with van der Waals surface area (Å²) in [5.74, 6) is 0.823. The molecular formula is C10H9N3S. The maximum Gasteiger partial charge on any atom is 0.143 e. The van der Waals surface area contributed by atoms with Crippen LogP contribution < -0.4 is 0 Å². The number of nitrogens with one attached hydrogen (secondary N) is 1. The summed E-state index contributed by atoms with van der Waals surface area (Å²) in [6.45, 7) is 3.95. The van der Waals surface area contributed by atoms with Crippen molar-refractivity contribution in [2.75, 3.05) is 0 Å². The summed E-state index contributed by atoms with van der Waals surface area (Å²) in [7, 11) is 0. The molecule has 0 amide bonds. The van der Waals surface area contributed by atoms with Gasteiger partial charge in [0.1, 0.15) is 11.5 Å². The summed E-state index contributed by atoms with van der Waals surface area (Å²) in [4.78, 5) is 12.1. The largest absolute Gasteiger partial charge is 0.338 e. The molecule has 0 bridgehead atoms. The van der Waals surface area contributed by atoms with Gasteiger partial charge in [-0.15, -0.1) is 11.3 Å². The summed E-state index contributed by atoms with van der Waals surface area (Å²) < 4.78 is 1.26. The van der Waals surface area contributed by atoms with Crippen molar-refractivity contribution in [1.82, 2.24) is 15.0 Å². The Hall–Kier alpha value is -1.42. The highest BCUT2D eigenvalue weighted by Gasteiger charge is 2.09. The lowest BCUT2D eigenvalue weighted by molar-refractivity contribution is 1.04. The zero-order chi connectivity index (χ0) is 9.71. The predicted molar refractivity (Wildman–Crippen MR) is 58.7 cm³/mol. The van der Waals surface area contributed by atoms with Crippen LogP contribution in [-0.4, -0.2) is 15.0 Å². The maximum atomic E-state index is 4.39. The van der Waals surface area contributed by atoms with E-state index in [9.17, 15) is 0 Å². The highest BCUT2D eigenvalue weighted by Crippen LogP contribution is 2.30. The van der Waals surface area contributed by atoms with Gasteiger partial charge in [0.2, 0.25) is 0 Å². The fourth-order valence-electron chi connectivity index (χ4n) is 1.80. The van der Waals surface area contributed by atoms with Crippen molar-refractivity contribution in [3.05, 3.63) is 23.0 Å². The average Bonchev–Trinajstić information content (AvgIpc) is 2.60. The van der Waals surface area contributed by atoms with E-state index in [0.717, 1.165) is 22.7 Å². The van der Waals surface area contributed by atoms with Gasteiger partial charge < -0.3 is 4.98 Å². The van der Waals surface area contributed by atoms with E-state index in [2.05, 4.69) is 26.4 Å². The monoisotopic (exact) mass is 203 g/mol. The van der Waals surface area contributed by atoms with Gasteiger partial charge in [0.05, 0.1) is 21.3 Å². The van der Waals surface area contributed by atoms with E-state index in [-0.39, 0.29) is 0 Å². The Bertz CT molecular complexity index is 621. The minimum atomic E-state index is 0.823. The second-order valence-corrected chi connectivity index (χ2v) is 4.28. The number of hydrogen-bond donors (Lipinski definition) is 1. The summed E-state index contributed by atoms with van der Waals surface area (Å²) in [5, 5.41) is 3.25. The van der Waals surface area contributed by atoms with Crippen LogP contribution in [0.1, 0.15) is 11.5 Å². The van der Waals surface area contributed by atoms with E-state index in [0.29, 0.717) is 0 Å². The van der Waals surface area contributed by atoms with Crippen LogP contribution in [0, 0.1) is 13.8 Å². The molecule has 0 unspecified atom stereocenters. The Morgan fingerprint density at radius 1 is 1.29 bits per heavy atom. The van der Waals surface area contributed by atoms with Gasteiger partial charge in [-0.1, -0.05) is 0 Å². The Morgan fingerprint density at radius 3 is 3.00 bits per heavy atom. The molecule has 3 heterocycles. The SMILES string of the molecule is Cc1nc(C)c2c(n1)[nH]c1ccsc12. The Morgan fingerprint density at radius 2 is 2.14 bits per heavy atom. The molecule has 0 radical (unpaired) electrons. The van der Waals surface area contributed by atoms with Crippen molar-refractivity contribution < 1.29 is 0 Å². The van der Waals surface area contributed by atoms with Crippen molar-refractivity contribution in [3.8, 4) is 0 Å². The first-order valence-electron chi connectivity index (χ1n) is 4.46. The van der Waals surface area contributed by atoms with Crippen molar-refractivity contribution >= 4 is 32.6 Å². The number of aromatic nitrogens is 3. The van der Waals surface area contributed by atoms with Crippen LogP contribution in [0.25, 0.3) is 21.3 Å².